The summed E-state index contributed by atoms with van der Waals surface area (Å²) >= 11 is 3.08. The number of nitrogens with one attached hydrogen (secondary N) is 1. The van der Waals surface area contributed by atoms with Gasteiger partial charge in [0.1, 0.15) is 11.6 Å². The van der Waals surface area contributed by atoms with Crippen LogP contribution >= 0.6 is 23.1 Å². The molecule has 0 fully saturated rings. The minimum atomic E-state index is -0.00540. The molecule has 0 aliphatic carbocycles. The summed E-state index contributed by atoms with van der Waals surface area (Å²) in [5.74, 6) is 0.993. The van der Waals surface area contributed by atoms with Crippen molar-refractivity contribution in [2.24, 2.45) is 0 Å². The van der Waals surface area contributed by atoms with Crippen molar-refractivity contribution >= 4 is 34.1 Å². The van der Waals surface area contributed by atoms with Gasteiger partial charge in [-0.25, -0.2) is 0 Å². The van der Waals surface area contributed by atoms with Crippen molar-refractivity contribution in [1.82, 2.24) is 10.2 Å². The minimum absolute atomic E-state index is 0.00540. The summed E-state index contributed by atoms with van der Waals surface area (Å²) in [6, 6.07) is 0. The van der Waals surface area contributed by atoms with Crippen LogP contribution in [0.25, 0.3) is 0 Å². The van der Waals surface area contributed by atoms with Gasteiger partial charge in [-0.2, -0.15) is 11.8 Å². The Balaban J connectivity index is 2.31. The summed E-state index contributed by atoms with van der Waals surface area (Å²) in [5.41, 5.74) is 0. The summed E-state index contributed by atoms with van der Waals surface area (Å²) in [4.78, 5) is 11.4. The van der Waals surface area contributed by atoms with Gasteiger partial charge in [-0.15, -0.1) is 10.2 Å². The Labute approximate surface area is 103 Å². The first-order valence-corrected chi connectivity index (χ1v) is 7.07. The lowest BCUT2D eigenvalue weighted by atomic mass is 10.3. The van der Waals surface area contributed by atoms with Crippen molar-refractivity contribution in [2.75, 3.05) is 24.4 Å². The van der Waals surface area contributed by atoms with E-state index in [9.17, 15) is 4.79 Å². The molecule has 90 valence electrons. The molecule has 0 aromatic carbocycles. The summed E-state index contributed by atoms with van der Waals surface area (Å²) in [7, 11) is 1.60. The maximum atomic E-state index is 11.4. The largest absolute Gasteiger partial charge is 0.377 e. The van der Waals surface area contributed by atoms with Gasteiger partial charge in [0.25, 0.3) is 0 Å². The fourth-order valence-electron chi connectivity index (χ4n) is 1.04. The van der Waals surface area contributed by atoms with Crippen LogP contribution in [0.2, 0.25) is 0 Å². The van der Waals surface area contributed by atoms with Crippen LogP contribution in [0.15, 0.2) is 0 Å². The molecule has 0 aliphatic heterocycles. The fourth-order valence-corrected chi connectivity index (χ4v) is 2.21. The highest BCUT2D eigenvalue weighted by Crippen LogP contribution is 2.16. The second-order valence-electron chi connectivity index (χ2n) is 3.08. The van der Waals surface area contributed by atoms with E-state index in [-0.39, 0.29) is 5.91 Å². The number of aromatic nitrogens is 2. The molecule has 5 nitrogen and oxygen atoms in total. The Morgan fingerprint density at radius 3 is 3.06 bits per heavy atom. The first-order valence-electron chi connectivity index (χ1n) is 4.86. The van der Waals surface area contributed by atoms with Crippen LogP contribution in [0.3, 0.4) is 0 Å². The Bertz CT molecular complexity index is 330. The molecule has 0 bridgehead atoms. The van der Waals surface area contributed by atoms with E-state index >= 15 is 0 Å². The molecule has 0 atom stereocenters. The van der Waals surface area contributed by atoms with Gasteiger partial charge in [-0.3, -0.25) is 4.79 Å². The molecule has 1 aromatic heterocycles. The number of carbonyl (C=O) groups is 1. The number of carbonyl (C=O) groups excluding carboxylic acids is 1. The highest BCUT2D eigenvalue weighted by Gasteiger charge is 2.07. The van der Waals surface area contributed by atoms with E-state index in [1.165, 1.54) is 11.3 Å². The molecule has 1 amide bonds. The van der Waals surface area contributed by atoms with Crippen molar-refractivity contribution in [2.45, 2.75) is 19.4 Å². The van der Waals surface area contributed by atoms with Crippen LogP contribution in [0.5, 0.6) is 0 Å². The van der Waals surface area contributed by atoms with Gasteiger partial charge in [0, 0.05) is 13.5 Å². The highest BCUT2D eigenvalue weighted by molar-refractivity contribution is 7.98. The topological polar surface area (TPSA) is 64.1 Å². The van der Waals surface area contributed by atoms with Gasteiger partial charge < -0.3 is 10.1 Å². The number of hydrogen-bond donors (Lipinski definition) is 1. The maximum Gasteiger partial charge on any atom is 0.226 e. The first kappa shape index (κ1) is 13.4. The lowest BCUT2D eigenvalue weighted by Crippen LogP contribution is -2.11. The van der Waals surface area contributed by atoms with E-state index in [1.807, 2.05) is 6.26 Å². The van der Waals surface area contributed by atoms with Gasteiger partial charge in [-0.1, -0.05) is 11.3 Å². The minimum Gasteiger partial charge on any atom is -0.377 e. The van der Waals surface area contributed by atoms with Gasteiger partial charge >= 0.3 is 0 Å². The monoisotopic (exact) mass is 261 g/mol. The molecule has 0 radical (unpaired) electrons. The number of methoxy groups -OCH3 is 1. The van der Waals surface area contributed by atoms with Gasteiger partial charge in [0.2, 0.25) is 11.0 Å². The van der Waals surface area contributed by atoms with E-state index in [0.29, 0.717) is 18.2 Å². The van der Waals surface area contributed by atoms with Crippen LogP contribution in [-0.4, -0.2) is 35.2 Å². The second kappa shape index (κ2) is 7.59. The Morgan fingerprint density at radius 1 is 1.56 bits per heavy atom. The third-order valence-corrected chi connectivity index (χ3v) is 3.24. The molecule has 0 unspecified atom stereocenters. The van der Waals surface area contributed by atoms with Crippen LogP contribution in [0.4, 0.5) is 5.13 Å². The molecule has 16 heavy (non-hydrogen) atoms. The molecule has 0 saturated heterocycles. The molecule has 1 N–H and O–H groups in total. The molecule has 0 saturated carbocycles. The van der Waals surface area contributed by atoms with Crippen LogP contribution in [0.1, 0.15) is 17.8 Å². The number of hydrogen-bond acceptors (Lipinski definition) is 6. The molecule has 0 spiro atoms. The smallest absolute Gasteiger partial charge is 0.226 e. The third kappa shape index (κ3) is 4.91. The van der Waals surface area contributed by atoms with Crippen molar-refractivity contribution in [3.63, 3.8) is 0 Å². The van der Waals surface area contributed by atoms with Gasteiger partial charge in [0.15, 0.2) is 0 Å². The standard InChI is InChI=1S/C9H15N3O2S2/c1-14-6-8-11-12-9(16-8)10-7(13)4-3-5-15-2/h3-6H2,1-2H3,(H,10,12,13). The Kier molecular flexibility index (Phi) is 6.36. The summed E-state index contributed by atoms with van der Waals surface area (Å²) in [6.07, 6.45) is 3.44. The molecule has 1 aromatic rings. The average molecular weight is 261 g/mol. The molecular formula is C9H15N3O2S2. The van der Waals surface area contributed by atoms with Crippen molar-refractivity contribution < 1.29 is 9.53 Å². The zero-order chi connectivity index (χ0) is 11.8. The van der Waals surface area contributed by atoms with E-state index in [4.69, 9.17) is 4.74 Å². The SMILES string of the molecule is COCc1nnc(NC(=O)CCCSC)s1. The number of nitrogens with zero attached hydrogens (tertiary/aromatic N) is 2. The van der Waals surface area contributed by atoms with E-state index in [2.05, 4.69) is 15.5 Å². The molecular weight excluding hydrogens is 246 g/mol. The van der Waals surface area contributed by atoms with Crippen molar-refractivity contribution in [3.8, 4) is 0 Å². The lowest BCUT2D eigenvalue weighted by Gasteiger charge is -1.99. The van der Waals surface area contributed by atoms with Crippen LogP contribution in [0, 0.1) is 0 Å². The summed E-state index contributed by atoms with van der Waals surface area (Å²) < 4.78 is 4.92. The van der Waals surface area contributed by atoms with Crippen molar-refractivity contribution in [1.29, 1.82) is 0 Å². The fraction of sp³-hybridized carbons (Fsp3) is 0.667. The highest BCUT2D eigenvalue weighted by atomic mass is 32.2. The van der Waals surface area contributed by atoms with Crippen LogP contribution < -0.4 is 5.32 Å². The van der Waals surface area contributed by atoms with Gasteiger partial charge in [-0.05, 0) is 18.4 Å². The lowest BCUT2D eigenvalue weighted by molar-refractivity contribution is -0.116. The first-order chi connectivity index (χ1) is 7.76. The van der Waals surface area contributed by atoms with Crippen molar-refractivity contribution in [3.05, 3.63) is 5.01 Å². The maximum absolute atomic E-state index is 11.4. The summed E-state index contributed by atoms with van der Waals surface area (Å²) in [5, 5.41) is 11.8. The van der Waals surface area contributed by atoms with E-state index < -0.39 is 0 Å². The third-order valence-electron chi connectivity index (χ3n) is 1.73. The number of thioether (sulfide) groups is 1. The molecule has 1 heterocycles. The Hall–Kier alpha value is -0.660. The molecule has 1 rings (SSSR count). The zero-order valence-corrected chi connectivity index (χ0v) is 11.0. The predicted molar refractivity (Wildman–Crippen MR) is 66.9 cm³/mol. The summed E-state index contributed by atoms with van der Waals surface area (Å²) in [6.45, 7) is 0.431. The number of amides is 1. The van der Waals surface area contributed by atoms with Crippen LogP contribution in [-0.2, 0) is 16.1 Å². The van der Waals surface area contributed by atoms with E-state index in [1.54, 1.807) is 18.9 Å². The Morgan fingerprint density at radius 2 is 2.38 bits per heavy atom. The number of rotatable bonds is 7. The number of anilines is 1. The average Bonchev–Trinajstić information content (AvgIpc) is 2.66. The second-order valence-corrected chi connectivity index (χ2v) is 5.13. The normalized spacial score (nSPS) is 10.4. The predicted octanol–water partition coefficient (Wildman–Crippen LogP) is 1.77. The molecule has 7 heteroatoms. The zero-order valence-electron chi connectivity index (χ0n) is 9.36. The number of ether oxygens (including phenoxy) is 1. The molecule has 0 aliphatic rings. The van der Waals surface area contributed by atoms with E-state index in [0.717, 1.165) is 17.2 Å². The quantitative estimate of drug-likeness (QED) is 0.758. The van der Waals surface area contributed by atoms with Gasteiger partial charge in [0.05, 0.1) is 0 Å².